The summed E-state index contributed by atoms with van der Waals surface area (Å²) in [6, 6.07) is 5.42. The van der Waals surface area contributed by atoms with Gasteiger partial charge >= 0.3 is 0 Å². The number of benzene rings is 1. The second-order valence-corrected chi connectivity index (χ2v) is 4.90. The molecule has 0 radical (unpaired) electrons. The van der Waals surface area contributed by atoms with Gasteiger partial charge in [-0.05, 0) is 25.5 Å². The predicted molar refractivity (Wildman–Crippen MR) is 74.6 cm³/mol. The first-order valence-corrected chi connectivity index (χ1v) is 6.59. The van der Waals surface area contributed by atoms with Crippen LogP contribution in [0.4, 0.5) is 5.69 Å². The number of para-hydroxylation sites is 1. The van der Waals surface area contributed by atoms with Crippen molar-refractivity contribution in [2.45, 2.75) is 26.9 Å². The van der Waals surface area contributed by atoms with Gasteiger partial charge in [-0.2, -0.15) is 5.10 Å². The summed E-state index contributed by atoms with van der Waals surface area (Å²) in [6.45, 7) is 5.07. The molecule has 0 spiro atoms. The molecule has 3 rings (SSSR count). The third-order valence-corrected chi connectivity index (χ3v) is 3.54. The number of fused-ring (bicyclic) bond motifs is 1. The largest absolute Gasteiger partial charge is 0.300 e. The lowest BCUT2D eigenvalue weighted by atomic mass is 10.1. The quantitative estimate of drug-likeness (QED) is 0.800. The Morgan fingerprint density at radius 3 is 2.75 bits per heavy atom. The Hall–Kier alpha value is -2.43. The van der Waals surface area contributed by atoms with Crippen molar-refractivity contribution in [3.05, 3.63) is 47.3 Å². The van der Waals surface area contributed by atoms with Crippen molar-refractivity contribution in [1.29, 1.82) is 0 Å². The summed E-state index contributed by atoms with van der Waals surface area (Å²) >= 11 is 0. The van der Waals surface area contributed by atoms with Crippen molar-refractivity contribution >= 4 is 17.4 Å². The fourth-order valence-electron chi connectivity index (χ4n) is 2.53. The first-order valence-electron chi connectivity index (χ1n) is 6.59. The van der Waals surface area contributed by atoms with Crippen LogP contribution in [0.2, 0.25) is 0 Å². The van der Waals surface area contributed by atoms with Crippen LogP contribution in [0.1, 0.15) is 28.4 Å². The smallest absolute Gasteiger partial charge is 0.299 e. The Bertz CT molecular complexity index is 703. The predicted octanol–water partition coefficient (Wildman–Crippen LogP) is 1.94. The number of ketones is 1. The molecule has 0 bridgehead atoms. The molecule has 2 aromatic rings. The maximum Gasteiger partial charge on any atom is 0.299 e. The van der Waals surface area contributed by atoms with Crippen molar-refractivity contribution in [1.82, 2.24) is 9.78 Å². The van der Waals surface area contributed by atoms with Gasteiger partial charge in [0.1, 0.15) is 0 Å². The van der Waals surface area contributed by atoms with Gasteiger partial charge in [0.15, 0.2) is 0 Å². The minimum Gasteiger partial charge on any atom is -0.300 e. The topological polar surface area (TPSA) is 55.2 Å². The van der Waals surface area contributed by atoms with E-state index >= 15 is 0 Å². The summed E-state index contributed by atoms with van der Waals surface area (Å²) in [6.07, 6.45) is 3.63. The van der Waals surface area contributed by atoms with Crippen LogP contribution >= 0.6 is 0 Å². The van der Waals surface area contributed by atoms with E-state index < -0.39 is 11.7 Å². The second-order valence-electron chi connectivity index (χ2n) is 4.90. The minimum absolute atomic E-state index is 0.377. The zero-order valence-corrected chi connectivity index (χ0v) is 11.5. The number of Topliss-reactive ketones (excluding diaryl/α,β-unsaturated/α-hetero) is 1. The third-order valence-electron chi connectivity index (χ3n) is 3.54. The summed E-state index contributed by atoms with van der Waals surface area (Å²) < 4.78 is 1.80. The summed E-state index contributed by atoms with van der Waals surface area (Å²) in [5, 5.41) is 4.19. The van der Waals surface area contributed by atoms with Crippen molar-refractivity contribution < 1.29 is 9.59 Å². The van der Waals surface area contributed by atoms with Gasteiger partial charge in [0, 0.05) is 18.3 Å². The normalized spacial score (nSPS) is 14.0. The molecule has 0 saturated heterocycles. The Kier molecular flexibility index (Phi) is 2.89. The van der Waals surface area contributed by atoms with Gasteiger partial charge in [0.2, 0.25) is 0 Å². The van der Waals surface area contributed by atoms with Crippen molar-refractivity contribution in [3.8, 4) is 0 Å². The Labute approximate surface area is 116 Å². The van der Waals surface area contributed by atoms with Gasteiger partial charge in [-0.15, -0.1) is 0 Å². The van der Waals surface area contributed by atoms with Crippen LogP contribution in [-0.2, 0) is 17.9 Å². The molecule has 20 heavy (non-hydrogen) atoms. The molecule has 5 nitrogen and oxygen atoms in total. The maximum absolute atomic E-state index is 12.1. The molecule has 0 unspecified atom stereocenters. The lowest BCUT2D eigenvalue weighted by molar-refractivity contribution is -0.114. The SMILES string of the molecule is CCn1cc(CN2C(=O)C(=O)c3cccc(C)c32)cn1. The monoisotopic (exact) mass is 269 g/mol. The molecule has 0 N–H and O–H groups in total. The highest BCUT2D eigenvalue weighted by molar-refractivity contribution is 6.52. The molecule has 0 atom stereocenters. The number of anilines is 1. The van der Waals surface area contributed by atoms with E-state index in [9.17, 15) is 9.59 Å². The summed E-state index contributed by atoms with van der Waals surface area (Å²) in [4.78, 5) is 25.7. The van der Waals surface area contributed by atoms with Crippen LogP contribution in [-0.4, -0.2) is 21.5 Å². The van der Waals surface area contributed by atoms with Crippen LogP contribution in [0, 0.1) is 6.92 Å². The standard InChI is InChI=1S/C15H15N3O2/c1-3-17-8-11(7-16-17)9-18-13-10(2)5-4-6-12(13)14(19)15(18)20/h4-8H,3,9H2,1-2H3. The summed E-state index contributed by atoms with van der Waals surface area (Å²) in [7, 11) is 0. The molecule has 0 fully saturated rings. The number of carbonyl (C=O) groups excluding carboxylic acids is 2. The molecule has 1 amide bonds. The molecular formula is C15H15N3O2. The van der Waals surface area contributed by atoms with Crippen LogP contribution in [0.15, 0.2) is 30.6 Å². The number of aryl methyl sites for hydroxylation is 2. The minimum atomic E-state index is -0.460. The molecule has 2 heterocycles. The van der Waals surface area contributed by atoms with Crippen molar-refractivity contribution in [2.75, 3.05) is 4.90 Å². The van der Waals surface area contributed by atoms with Gasteiger partial charge in [-0.1, -0.05) is 12.1 Å². The van der Waals surface area contributed by atoms with Gasteiger partial charge in [0.05, 0.1) is 24.0 Å². The average molecular weight is 269 g/mol. The fraction of sp³-hybridized carbons (Fsp3) is 0.267. The molecule has 1 aliphatic rings. The number of hydrogen-bond donors (Lipinski definition) is 0. The maximum atomic E-state index is 12.1. The summed E-state index contributed by atoms with van der Waals surface area (Å²) in [5.41, 5.74) is 3.08. The number of rotatable bonds is 3. The summed E-state index contributed by atoms with van der Waals surface area (Å²) in [5.74, 6) is -0.884. The zero-order chi connectivity index (χ0) is 14.3. The number of aromatic nitrogens is 2. The number of amides is 1. The highest BCUT2D eigenvalue weighted by atomic mass is 16.2. The molecule has 1 aromatic heterocycles. The number of hydrogen-bond acceptors (Lipinski definition) is 3. The van der Waals surface area contributed by atoms with Gasteiger partial charge < -0.3 is 0 Å². The molecule has 0 aliphatic carbocycles. The lowest BCUT2D eigenvalue weighted by Gasteiger charge is -2.17. The van der Waals surface area contributed by atoms with Crippen LogP contribution in [0.3, 0.4) is 0 Å². The van der Waals surface area contributed by atoms with E-state index in [-0.39, 0.29) is 0 Å². The molecule has 102 valence electrons. The van der Waals surface area contributed by atoms with E-state index in [4.69, 9.17) is 0 Å². The zero-order valence-electron chi connectivity index (χ0n) is 11.5. The molecule has 0 saturated carbocycles. The Morgan fingerprint density at radius 1 is 1.25 bits per heavy atom. The van der Waals surface area contributed by atoms with Crippen LogP contribution in [0.25, 0.3) is 0 Å². The lowest BCUT2D eigenvalue weighted by Crippen LogP contribution is -2.29. The van der Waals surface area contributed by atoms with E-state index in [1.54, 1.807) is 27.9 Å². The molecule has 1 aromatic carbocycles. The van der Waals surface area contributed by atoms with Gasteiger partial charge in [0.25, 0.3) is 11.7 Å². The highest BCUT2D eigenvalue weighted by Crippen LogP contribution is 2.33. The van der Waals surface area contributed by atoms with Crippen molar-refractivity contribution in [2.24, 2.45) is 0 Å². The molecule has 1 aliphatic heterocycles. The van der Waals surface area contributed by atoms with E-state index in [0.717, 1.165) is 23.4 Å². The third kappa shape index (κ3) is 1.82. The molecular weight excluding hydrogens is 254 g/mol. The van der Waals surface area contributed by atoms with E-state index in [1.165, 1.54) is 0 Å². The first-order chi connectivity index (χ1) is 9.61. The van der Waals surface area contributed by atoms with Gasteiger partial charge in [-0.25, -0.2) is 0 Å². The van der Waals surface area contributed by atoms with Crippen LogP contribution in [0.5, 0.6) is 0 Å². The first kappa shape index (κ1) is 12.6. The van der Waals surface area contributed by atoms with Crippen molar-refractivity contribution in [3.63, 3.8) is 0 Å². The molecule has 5 heteroatoms. The van der Waals surface area contributed by atoms with E-state index in [0.29, 0.717) is 12.1 Å². The Balaban J connectivity index is 1.98. The second kappa shape index (κ2) is 4.59. The number of carbonyl (C=O) groups is 2. The van der Waals surface area contributed by atoms with E-state index in [2.05, 4.69) is 5.10 Å². The van der Waals surface area contributed by atoms with Gasteiger partial charge in [-0.3, -0.25) is 19.2 Å². The fourth-order valence-corrected chi connectivity index (χ4v) is 2.53. The average Bonchev–Trinajstić information content (AvgIpc) is 2.99. The number of nitrogens with zero attached hydrogens (tertiary/aromatic N) is 3. The van der Waals surface area contributed by atoms with Crippen LogP contribution < -0.4 is 4.90 Å². The van der Waals surface area contributed by atoms with E-state index in [1.807, 2.05) is 26.1 Å². The Morgan fingerprint density at radius 2 is 2.05 bits per heavy atom. The highest BCUT2D eigenvalue weighted by Gasteiger charge is 2.36.